The Bertz CT molecular complexity index is 813. The first-order chi connectivity index (χ1) is 13.5. The zero-order chi connectivity index (χ0) is 20.5. The van der Waals surface area contributed by atoms with E-state index in [9.17, 15) is 9.59 Å². The average molecular weight is 417 g/mol. The van der Waals surface area contributed by atoms with E-state index in [1.165, 1.54) is 23.6 Å². The summed E-state index contributed by atoms with van der Waals surface area (Å²) in [4.78, 5) is 28.1. The van der Waals surface area contributed by atoms with Crippen molar-refractivity contribution in [1.82, 2.24) is 4.90 Å². The maximum absolute atomic E-state index is 12.4. The van der Waals surface area contributed by atoms with Crippen LogP contribution in [0.25, 0.3) is 0 Å². The zero-order valence-corrected chi connectivity index (χ0v) is 17.9. The van der Waals surface area contributed by atoms with E-state index in [4.69, 9.17) is 17.0 Å². The zero-order valence-electron chi connectivity index (χ0n) is 16.3. The Morgan fingerprint density at radius 1 is 1.25 bits per heavy atom. The second-order valence-electron chi connectivity index (χ2n) is 6.02. The Morgan fingerprint density at radius 2 is 1.96 bits per heavy atom. The van der Waals surface area contributed by atoms with Gasteiger partial charge >= 0.3 is 0 Å². The number of nitrogens with zero attached hydrogens (tertiary/aromatic N) is 2. The van der Waals surface area contributed by atoms with Crippen molar-refractivity contribution in [2.45, 2.75) is 26.7 Å². The first-order valence-electron chi connectivity index (χ1n) is 9.00. The van der Waals surface area contributed by atoms with Crippen molar-refractivity contribution in [3.8, 4) is 5.75 Å². The Kier molecular flexibility index (Phi) is 8.47. The van der Waals surface area contributed by atoms with Gasteiger partial charge in [0, 0.05) is 25.4 Å². The van der Waals surface area contributed by atoms with Crippen molar-refractivity contribution >= 4 is 45.8 Å². The van der Waals surface area contributed by atoms with E-state index in [1.54, 1.807) is 54.6 Å². The molecule has 0 unspecified atom stereocenters. The summed E-state index contributed by atoms with van der Waals surface area (Å²) in [6.07, 6.45) is 10.7. The van der Waals surface area contributed by atoms with Gasteiger partial charge in [-0.3, -0.25) is 19.4 Å². The first-order valence-corrected chi connectivity index (χ1v) is 10.2. The molecule has 1 heterocycles. The van der Waals surface area contributed by atoms with Gasteiger partial charge in [-0.2, -0.15) is 0 Å². The monoisotopic (exact) mass is 416 g/mol. The Hall–Kier alpha value is -2.38. The lowest BCUT2D eigenvalue weighted by molar-refractivity contribution is -0.122. The molecule has 0 N–H and O–H groups in total. The van der Waals surface area contributed by atoms with Crippen LogP contribution < -0.4 is 9.64 Å². The Balaban J connectivity index is 2.02. The van der Waals surface area contributed by atoms with Crippen molar-refractivity contribution in [1.29, 1.82) is 0 Å². The van der Waals surface area contributed by atoms with Crippen LogP contribution in [-0.2, 0) is 9.59 Å². The van der Waals surface area contributed by atoms with Crippen molar-refractivity contribution in [3.05, 3.63) is 59.7 Å². The number of anilines is 1. The summed E-state index contributed by atoms with van der Waals surface area (Å²) in [6, 6.07) is 7.23. The minimum absolute atomic E-state index is 0.0410. The van der Waals surface area contributed by atoms with Gasteiger partial charge < -0.3 is 4.74 Å². The Labute approximate surface area is 175 Å². The number of carbonyl (C=O) groups is 2. The van der Waals surface area contributed by atoms with E-state index in [1.807, 2.05) is 12.1 Å². The normalized spacial score (nSPS) is 16.0. The molecule has 0 saturated carbocycles. The maximum atomic E-state index is 12.4. The molecule has 2 amide bonds. The van der Waals surface area contributed by atoms with Crippen LogP contribution in [0.3, 0.4) is 0 Å². The van der Waals surface area contributed by atoms with Crippen molar-refractivity contribution in [2.75, 3.05) is 18.6 Å². The second-order valence-corrected chi connectivity index (χ2v) is 7.70. The summed E-state index contributed by atoms with van der Waals surface area (Å²) in [5.41, 5.74) is 0.745. The van der Waals surface area contributed by atoms with Crippen molar-refractivity contribution < 1.29 is 14.3 Å². The van der Waals surface area contributed by atoms with Crippen molar-refractivity contribution in [3.63, 3.8) is 0 Å². The molecule has 1 saturated heterocycles. The van der Waals surface area contributed by atoms with E-state index < -0.39 is 0 Å². The minimum Gasteiger partial charge on any atom is -0.497 e. The van der Waals surface area contributed by atoms with Crippen LogP contribution in [0.1, 0.15) is 26.7 Å². The fraction of sp³-hybridized carbons (Fsp3) is 0.286. The van der Waals surface area contributed by atoms with Gasteiger partial charge in [-0.15, -0.1) is 0 Å². The molecule has 1 fully saturated rings. The second kappa shape index (κ2) is 10.8. The standard InChI is InChI=1S/C21H24N2O3S2/c1-4-5-14-23-20(25)19(28-21(23)27)9-7-6-8-15-22(16(2)24)17-10-12-18(26-3)13-11-17/h6-13,15H,4-5,14H2,1-3H3. The minimum atomic E-state index is -0.105. The van der Waals surface area contributed by atoms with E-state index in [-0.39, 0.29) is 11.8 Å². The lowest BCUT2D eigenvalue weighted by Gasteiger charge is -2.16. The van der Waals surface area contributed by atoms with Gasteiger partial charge in [0.25, 0.3) is 5.91 Å². The quantitative estimate of drug-likeness (QED) is 0.350. The summed E-state index contributed by atoms with van der Waals surface area (Å²) in [6.45, 7) is 4.25. The van der Waals surface area contributed by atoms with Crippen LogP contribution in [-0.4, -0.2) is 34.7 Å². The van der Waals surface area contributed by atoms with Gasteiger partial charge in [-0.05, 0) is 42.8 Å². The molecule has 1 aromatic rings. The number of hydrogen-bond acceptors (Lipinski definition) is 5. The molecule has 0 aromatic heterocycles. The molecule has 148 valence electrons. The topological polar surface area (TPSA) is 49.9 Å². The number of thiocarbonyl (C=S) groups is 1. The van der Waals surface area contributed by atoms with Gasteiger partial charge in [0.2, 0.25) is 5.91 Å². The van der Waals surface area contributed by atoms with E-state index in [0.29, 0.717) is 15.8 Å². The SMILES string of the molecule is CCCCN1C(=O)C(=CC=CC=CN(C(C)=O)c2ccc(OC)cc2)SC1=S. The fourth-order valence-corrected chi connectivity index (χ4v) is 3.74. The highest BCUT2D eigenvalue weighted by Crippen LogP contribution is 2.31. The number of unbranched alkanes of at least 4 members (excludes halogenated alkanes) is 1. The molecular weight excluding hydrogens is 392 g/mol. The molecular formula is C21H24N2O3S2. The van der Waals surface area contributed by atoms with E-state index in [0.717, 1.165) is 24.3 Å². The Morgan fingerprint density at radius 3 is 2.57 bits per heavy atom. The van der Waals surface area contributed by atoms with Gasteiger partial charge in [0.15, 0.2) is 0 Å². The molecule has 0 radical (unpaired) electrons. The van der Waals surface area contributed by atoms with Crippen molar-refractivity contribution in [2.24, 2.45) is 0 Å². The van der Waals surface area contributed by atoms with Crippen LogP contribution in [0, 0.1) is 0 Å². The summed E-state index contributed by atoms with van der Waals surface area (Å²) < 4.78 is 5.74. The van der Waals surface area contributed by atoms with Crippen LogP contribution in [0.2, 0.25) is 0 Å². The number of allylic oxidation sites excluding steroid dienone is 4. The van der Waals surface area contributed by atoms with Crippen LogP contribution in [0.4, 0.5) is 5.69 Å². The molecule has 0 aliphatic carbocycles. The molecule has 28 heavy (non-hydrogen) atoms. The highest BCUT2D eigenvalue weighted by Gasteiger charge is 2.30. The third kappa shape index (κ3) is 5.81. The predicted molar refractivity (Wildman–Crippen MR) is 119 cm³/mol. The number of rotatable bonds is 8. The summed E-state index contributed by atoms with van der Waals surface area (Å²) >= 11 is 6.60. The largest absolute Gasteiger partial charge is 0.497 e. The fourth-order valence-electron chi connectivity index (χ4n) is 2.48. The molecule has 7 heteroatoms. The third-order valence-corrected chi connectivity index (χ3v) is 5.40. The third-order valence-electron chi connectivity index (χ3n) is 4.00. The number of benzene rings is 1. The van der Waals surface area contributed by atoms with Gasteiger partial charge in [0.1, 0.15) is 10.1 Å². The number of amides is 2. The number of hydrogen-bond donors (Lipinski definition) is 0. The van der Waals surface area contributed by atoms with Crippen LogP contribution >= 0.6 is 24.0 Å². The number of ether oxygens (including phenoxy) is 1. The van der Waals surface area contributed by atoms with Gasteiger partial charge in [0.05, 0.1) is 12.0 Å². The van der Waals surface area contributed by atoms with Gasteiger partial charge in [-0.25, -0.2) is 0 Å². The molecule has 0 atom stereocenters. The van der Waals surface area contributed by atoms with E-state index >= 15 is 0 Å². The number of methoxy groups -OCH3 is 1. The molecule has 1 aliphatic heterocycles. The molecule has 1 aromatic carbocycles. The number of carbonyl (C=O) groups excluding carboxylic acids is 2. The van der Waals surface area contributed by atoms with Crippen LogP contribution in [0.15, 0.2) is 59.7 Å². The summed E-state index contributed by atoms with van der Waals surface area (Å²) in [5.74, 6) is 0.583. The molecule has 1 aliphatic rings. The van der Waals surface area contributed by atoms with E-state index in [2.05, 4.69) is 6.92 Å². The highest BCUT2D eigenvalue weighted by atomic mass is 32.2. The molecule has 2 rings (SSSR count). The maximum Gasteiger partial charge on any atom is 0.266 e. The smallest absolute Gasteiger partial charge is 0.266 e. The lowest BCUT2D eigenvalue weighted by Crippen LogP contribution is -2.28. The predicted octanol–water partition coefficient (Wildman–Crippen LogP) is 4.66. The molecule has 0 spiro atoms. The summed E-state index contributed by atoms with van der Waals surface area (Å²) in [7, 11) is 1.60. The first kappa shape index (κ1) is 21.9. The molecule has 5 nitrogen and oxygen atoms in total. The highest BCUT2D eigenvalue weighted by molar-refractivity contribution is 8.26. The van der Waals surface area contributed by atoms with Crippen LogP contribution in [0.5, 0.6) is 5.75 Å². The van der Waals surface area contributed by atoms with Gasteiger partial charge in [-0.1, -0.05) is 49.5 Å². The number of thioether (sulfide) groups is 1. The molecule has 0 bridgehead atoms. The average Bonchev–Trinajstić information content (AvgIpc) is 2.96. The summed E-state index contributed by atoms with van der Waals surface area (Å²) in [5, 5.41) is 0. The lowest BCUT2D eigenvalue weighted by atomic mass is 10.2.